The van der Waals surface area contributed by atoms with Gasteiger partial charge in [0.15, 0.2) is 5.54 Å². The van der Waals surface area contributed by atoms with Crippen molar-refractivity contribution in [3.05, 3.63) is 87.6 Å². The Bertz CT molecular complexity index is 1250. The van der Waals surface area contributed by atoms with E-state index in [9.17, 15) is 22.4 Å². The predicted molar refractivity (Wildman–Crippen MR) is 109 cm³/mol. The average molecular weight is 468 g/mol. The van der Waals surface area contributed by atoms with Crippen molar-refractivity contribution in [1.29, 1.82) is 0 Å². The van der Waals surface area contributed by atoms with Gasteiger partial charge in [0.25, 0.3) is 0 Å². The Morgan fingerprint density at radius 2 is 1.81 bits per heavy atom. The quantitative estimate of drug-likeness (QED) is 0.413. The van der Waals surface area contributed by atoms with Gasteiger partial charge >= 0.3 is 6.18 Å². The second kappa shape index (κ2) is 7.44. The Morgan fingerprint density at radius 3 is 2.47 bits per heavy atom. The lowest BCUT2D eigenvalue weighted by Gasteiger charge is -2.38. The van der Waals surface area contributed by atoms with E-state index in [0.717, 1.165) is 18.2 Å². The van der Waals surface area contributed by atoms with Crippen LogP contribution in [0, 0.1) is 18.6 Å². The number of aromatic nitrogens is 1. The third-order valence-corrected chi connectivity index (χ3v) is 5.71. The van der Waals surface area contributed by atoms with Gasteiger partial charge < -0.3 is 10.6 Å². The number of benzene rings is 2. The number of fused-ring (bicyclic) bond motifs is 1. The maximum atomic E-state index is 15.0. The highest BCUT2D eigenvalue weighted by Crippen LogP contribution is 2.50. The van der Waals surface area contributed by atoms with E-state index < -0.39 is 39.8 Å². The van der Waals surface area contributed by atoms with Crippen molar-refractivity contribution in [2.24, 2.45) is 5.73 Å². The number of primary amides is 1. The zero-order valence-electron chi connectivity index (χ0n) is 16.5. The second-order valence-corrected chi connectivity index (χ2v) is 7.87. The van der Waals surface area contributed by atoms with E-state index in [0.29, 0.717) is 17.3 Å². The molecule has 0 bridgehead atoms. The van der Waals surface area contributed by atoms with E-state index in [2.05, 4.69) is 4.98 Å². The number of nitrogens with two attached hydrogens (primary N) is 1. The molecule has 1 amide bonds. The van der Waals surface area contributed by atoms with Gasteiger partial charge in [0, 0.05) is 29.4 Å². The molecule has 0 unspecified atom stereocenters. The minimum absolute atomic E-state index is 0.0233. The van der Waals surface area contributed by atoms with Crippen LogP contribution in [0.25, 0.3) is 0 Å². The van der Waals surface area contributed by atoms with Gasteiger partial charge in [-0.25, -0.2) is 13.8 Å². The Kier molecular flexibility index (Phi) is 5.12. The number of rotatable bonds is 3. The second-order valence-electron chi connectivity index (χ2n) is 7.46. The smallest absolute Gasteiger partial charge is 0.367 e. The molecule has 0 saturated heterocycles. The van der Waals surface area contributed by atoms with E-state index in [4.69, 9.17) is 17.3 Å². The summed E-state index contributed by atoms with van der Waals surface area (Å²) in [5, 5.41) is -0.467. The standard InChI is InChI=1S/C22H15ClF5N3O/c1-11-6-13(22(26,27)28)7-19(30-11)31-18-5-3-2-4-12(18)10-21(31,20(29)32)14-8-15(23)17(25)9-16(14)24/h2-9H,10H2,1H3,(H2,29,32)/t21-/m0/s1. The zero-order chi connectivity index (χ0) is 23.4. The first-order valence-corrected chi connectivity index (χ1v) is 9.72. The van der Waals surface area contributed by atoms with Gasteiger partial charge in [-0.05, 0) is 36.8 Å². The molecule has 0 radical (unpaired) electrons. The molecule has 1 aliphatic rings. The lowest BCUT2D eigenvalue weighted by atomic mass is 9.84. The molecule has 4 rings (SSSR count). The molecule has 0 saturated carbocycles. The van der Waals surface area contributed by atoms with Gasteiger partial charge in [0.05, 0.1) is 10.6 Å². The SMILES string of the molecule is Cc1cc(C(F)(F)F)cc(N2c3ccccc3C[C@@]2(C(N)=O)c2cc(Cl)c(F)cc2F)n1. The van der Waals surface area contributed by atoms with Gasteiger partial charge in [-0.1, -0.05) is 29.8 Å². The number of aryl methyl sites for hydroxylation is 1. The molecule has 2 N–H and O–H groups in total. The minimum atomic E-state index is -4.69. The maximum Gasteiger partial charge on any atom is 0.416 e. The van der Waals surface area contributed by atoms with Gasteiger partial charge in [0.1, 0.15) is 17.5 Å². The molecule has 2 aromatic carbocycles. The van der Waals surface area contributed by atoms with E-state index >= 15 is 4.39 Å². The first-order valence-electron chi connectivity index (χ1n) is 9.34. The number of carbonyl (C=O) groups is 1. The Morgan fingerprint density at radius 1 is 1.12 bits per heavy atom. The fourth-order valence-corrected chi connectivity index (χ4v) is 4.24. The van der Waals surface area contributed by atoms with Crippen molar-refractivity contribution in [2.45, 2.75) is 25.1 Å². The highest BCUT2D eigenvalue weighted by molar-refractivity contribution is 6.30. The Labute approximate surface area is 184 Å². The molecule has 166 valence electrons. The fraction of sp³-hybridized carbons (Fsp3) is 0.182. The lowest BCUT2D eigenvalue weighted by Crippen LogP contribution is -2.52. The van der Waals surface area contributed by atoms with Crippen LogP contribution in [0.5, 0.6) is 0 Å². The number of nitrogens with zero attached hydrogens (tertiary/aromatic N) is 2. The average Bonchev–Trinajstić information content (AvgIpc) is 3.05. The van der Waals surface area contributed by atoms with Gasteiger partial charge in [-0.15, -0.1) is 0 Å². The number of pyridine rings is 1. The van der Waals surface area contributed by atoms with Crippen molar-refractivity contribution in [3.8, 4) is 0 Å². The first-order chi connectivity index (χ1) is 14.9. The minimum Gasteiger partial charge on any atom is -0.367 e. The number of amides is 1. The van der Waals surface area contributed by atoms with Crippen molar-refractivity contribution in [3.63, 3.8) is 0 Å². The molecule has 2 heterocycles. The number of hydrogen-bond donors (Lipinski definition) is 1. The molecule has 4 nitrogen and oxygen atoms in total. The molecule has 3 aromatic rings. The number of halogens is 6. The summed E-state index contributed by atoms with van der Waals surface area (Å²) in [7, 11) is 0. The molecule has 1 aliphatic heterocycles. The van der Waals surface area contributed by atoms with Gasteiger partial charge in [-0.3, -0.25) is 4.79 Å². The van der Waals surface area contributed by atoms with Gasteiger partial charge in [-0.2, -0.15) is 13.2 Å². The summed E-state index contributed by atoms with van der Waals surface area (Å²) in [6.45, 7) is 1.36. The summed E-state index contributed by atoms with van der Waals surface area (Å²) in [6.07, 6.45) is -4.88. The zero-order valence-corrected chi connectivity index (χ0v) is 17.2. The van der Waals surface area contributed by atoms with Crippen LogP contribution in [0.3, 0.4) is 0 Å². The normalized spacial score (nSPS) is 18.0. The Balaban J connectivity index is 2.07. The molecule has 0 aliphatic carbocycles. The van der Waals surface area contributed by atoms with E-state index in [1.165, 1.54) is 11.8 Å². The summed E-state index contributed by atoms with van der Waals surface area (Å²) in [5.41, 5.74) is 3.21. The van der Waals surface area contributed by atoms with E-state index in [-0.39, 0.29) is 23.5 Å². The number of alkyl halides is 3. The van der Waals surface area contributed by atoms with Crippen LogP contribution in [0.4, 0.5) is 33.5 Å². The molecular weight excluding hydrogens is 453 g/mol. The topological polar surface area (TPSA) is 59.2 Å². The highest BCUT2D eigenvalue weighted by Gasteiger charge is 2.53. The maximum absolute atomic E-state index is 15.0. The summed E-state index contributed by atoms with van der Waals surface area (Å²) in [5.74, 6) is -3.50. The van der Waals surface area contributed by atoms with Crippen molar-refractivity contribution in [2.75, 3.05) is 4.90 Å². The van der Waals surface area contributed by atoms with Crippen LogP contribution in [0.1, 0.15) is 22.4 Å². The molecule has 32 heavy (non-hydrogen) atoms. The lowest BCUT2D eigenvalue weighted by molar-refractivity contribution is -0.137. The van der Waals surface area contributed by atoms with Crippen LogP contribution in [0.15, 0.2) is 48.5 Å². The largest absolute Gasteiger partial charge is 0.416 e. The van der Waals surface area contributed by atoms with Gasteiger partial charge in [0.2, 0.25) is 5.91 Å². The summed E-state index contributed by atoms with van der Waals surface area (Å²) in [6, 6.07) is 9.51. The molecule has 0 fully saturated rings. The van der Waals surface area contributed by atoms with Crippen LogP contribution >= 0.6 is 11.6 Å². The number of hydrogen-bond acceptors (Lipinski definition) is 3. The highest BCUT2D eigenvalue weighted by atomic mass is 35.5. The molecule has 0 spiro atoms. The number of para-hydroxylation sites is 1. The molecule has 10 heteroatoms. The third kappa shape index (κ3) is 3.37. The van der Waals surface area contributed by atoms with E-state index in [1.54, 1.807) is 24.3 Å². The monoisotopic (exact) mass is 467 g/mol. The summed E-state index contributed by atoms with van der Waals surface area (Å²) < 4.78 is 69.4. The summed E-state index contributed by atoms with van der Waals surface area (Å²) in [4.78, 5) is 18.3. The summed E-state index contributed by atoms with van der Waals surface area (Å²) >= 11 is 5.87. The van der Waals surface area contributed by atoms with Crippen molar-refractivity contribution >= 4 is 29.0 Å². The third-order valence-electron chi connectivity index (χ3n) is 5.42. The molecular formula is C22H15ClF5N3O. The van der Waals surface area contributed by atoms with Crippen molar-refractivity contribution < 1.29 is 26.7 Å². The molecule has 1 atom stereocenters. The number of anilines is 2. The van der Waals surface area contributed by atoms with Crippen LogP contribution in [-0.2, 0) is 22.9 Å². The number of carbonyl (C=O) groups excluding carboxylic acids is 1. The Hall–Kier alpha value is -3.20. The van der Waals surface area contributed by atoms with Crippen LogP contribution < -0.4 is 10.6 Å². The first kappa shape index (κ1) is 22.0. The van der Waals surface area contributed by atoms with E-state index in [1.807, 2.05) is 0 Å². The van der Waals surface area contributed by atoms with Crippen molar-refractivity contribution in [1.82, 2.24) is 4.98 Å². The van der Waals surface area contributed by atoms with Crippen LogP contribution in [-0.4, -0.2) is 10.9 Å². The van der Waals surface area contributed by atoms with Crippen LogP contribution in [0.2, 0.25) is 5.02 Å². The predicted octanol–water partition coefficient (Wildman–Crippen LogP) is 5.42. The molecule has 1 aromatic heterocycles. The fourth-order valence-electron chi connectivity index (χ4n) is 4.07.